The number of ether oxygens (including phenoxy) is 3. The van der Waals surface area contributed by atoms with Crippen LogP contribution in [0.5, 0.6) is 23.0 Å². The average molecular weight is 2010 g/mol. The number of esters is 3. The Balaban J connectivity index is 0.000000154. The van der Waals surface area contributed by atoms with Gasteiger partial charge in [0.25, 0.3) is 23.6 Å². The molecule has 772 valence electrons. The van der Waals surface area contributed by atoms with Gasteiger partial charge in [-0.15, -0.1) is 0 Å². The van der Waals surface area contributed by atoms with E-state index in [9.17, 15) is 159 Å². The fraction of sp³-hybridized carbons (Fsp3) is 0.436. The zero-order chi connectivity index (χ0) is 108. The van der Waals surface area contributed by atoms with E-state index in [4.69, 9.17) is 42.9 Å². The highest BCUT2D eigenvalue weighted by Gasteiger charge is 2.75. The number of benzene rings is 4. The van der Waals surface area contributed by atoms with Crippen LogP contribution in [-0.4, -0.2) is 322 Å². The molecule has 13 aliphatic carbocycles. The molecule has 0 spiro atoms. The number of hydrogen-bond donors (Lipinski definition) is 22. The third-order valence-corrected chi connectivity index (χ3v) is 31.0. The van der Waals surface area contributed by atoms with Crippen molar-refractivity contribution in [2.24, 2.45) is 76.2 Å². The lowest BCUT2D eigenvalue weighted by Crippen LogP contribution is -2.71. The van der Waals surface area contributed by atoms with Crippen molar-refractivity contribution in [3.63, 3.8) is 0 Å². The van der Waals surface area contributed by atoms with Crippen LogP contribution in [0.4, 0.5) is 5.69 Å². The average Bonchev–Trinajstić information content (AvgIpc) is 0.743. The van der Waals surface area contributed by atoms with Gasteiger partial charge in [-0.2, -0.15) is 0 Å². The summed E-state index contributed by atoms with van der Waals surface area (Å²) >= 11 is 0. The summed E-state index contributed by atoms with van der Waals surface area (Å²) in [5.74, 6) is -38.6. The quantitative estimate of drug-likeness (QED) is 0.0225. The molecule has 0 aromatic heterocycles. The highest BCUT2D eigenvalue weighted by atomic mass is 16.6. The van der Waals surface area contributed by atoms with E-state index in [1.54, 1.807) is 45.0 Å². The molecule has 0 radical (unpaired) electrons. The van der Waals surface area contributed by atoms with Crippen LogP contribution in [0, 0.1) is 53.3 Å². The molecule has 13 aliphatic rings. The number of ketones is 8. The smallest absolute Gasteiger partial charge is 0.309 e. The Labute approximate surface area is 825 Å². The molecular formula is C101H113N9O35. The van der Waals surface area contributed by atoms with Crippen LogP contribution in [0.3, 0.4) is 0 Å². The number of nitrogen functional groups attached to an aromatic ring is 1. The number of aliphatic hydroxyl groups is 13. The monoisotopic (exact) mass is 2010 g/mol. The maximum atomic E-state index is 14.3. The number of aliphatic hydroxyl groups excluding tert-OH is 9. The molecule has 44 nitrogen and oxygen atoms in total. The summed E-state index contributed by atoms with van der Waals surface area (Å²) in [6.45, 7) is 11.7. The van der Waals surface area contributed by atoms with Gasteiger partial charge in [0.15, 0.2) is 45.5 Å². The predicted octanol–water partition coefficient (Wildman–Crippen LogP) is 1.53. The number of anilines is 1. The van der Waals surface area contributed by atoms with Crippen LogP contribution in [0.15, 0.2) is 141 Å². The number of amides is 4. The number of rotatable bonds is 13. The van der Waals surface area contributed by atoms with Crippen molar-refractivity contribution in [2.75, 3.05) is 62.1 Å². The second-order valence-corrected chi connectivity index (χ2v) is 39.5. The third kappa shape index (κ3) is 15.5. The molecule has 0 saturated heterocycles. The molecule has 0 unspecified atom stereocenters. The van der Waals surface area contributed by atoms with Crippen molar-refractivity contribution >= 4 is 122 Å². The van der Waals surface area contributed by atoms with Gasteiger partial charge in [-0.3, -0.25) is 91.5 Å². The Morgan fingerprint density at radius 2 is 0.724 bits per heavy atom. The maximum Gasteiger partial charge on any atom is 0.309 e. The van der Waals surface area contributed by atoms with Crippen LogP contribution < -0.4 is 28.7 Å². The summed E-state index contributed by atoms with van der Waals surface area (Å²) in [5.41, 5.74) is 11.1. The summed E-state index contributed by atoms with van der Waals surface area (Å²) < 4.78 is 17.5. The van der Waals surface area contributed by atoms with Crippen LogP contribution in [-0.2, 0) is 86.1 Å². The molecule has 0 aliphatic heterocycles. The third-order valence-electron chi connectivity index (χ3n) is 31.0. The Bertz CT molecular complexity index is 6700. The minimum absolute atomic E-state index is 0.0230. The Kier molecular flexibility index (Phi) is 27.6. The molecular weight excluding hydrogens is 1900 g/mol. The molecule has 44 heteroatoms. The number of primary amides is 4. The van der Waals surface area contributed by atoms with Gasteiger partial charge in [-0.25, -0.2) is 0 Å². The van der Waals surface area contributed by atoms with Crippen LogP contribution in [0.1, 0.15) is 142 Å². The van der Waals surface area contributed by atoms with Gasteiger partial charge >= 0.3 is 17.9 Å². The second kappa shape index (κ2) is 37.8. The summed E-state index contributed by atoms with van der Waals surface area (Å²) in [5, 5.41) is 189. The molecule has 4 aromatic carbocycles. The van der Waals surface area contributed by atoms with Gasteiger partial charge in [0.2, 0.25) is 23.1 Å². The van der Waals surface area contributed by atoms with E-state index < -0.39 is 321 Å². The number of nitrogens with two attached hydrogens (primary N) is 5. The molecule has 27 N–H and O–H groups in total. The normalized spacial score (nSPS) is 31.9. The first kappa shape index (κ1) is 106. The van der Waals surface area contributed by atoms with E-state index in [-0.39, 0.29) is 68.3 Å². The minimum atomic E-state index is -2.98. The zero-order valence-electron chi connectivity index (χ0n) is 80.7. The molecule has 4 aromatic rings. The van der Waals surface area contributed by atoms with Gasteiger partial charge < -0.3 is 130 Å². The molecule has 23 atom stereocenters. The molecule has 4 amide bonds. The number of aromatic hydroxyl groups is 4. The van der Waals surface area contributed by atoms with Crippen molar-refractivity contribution in [2.45, 2.75) is 168 Å². The van der Waals surface area contributed by atoms with Crippen LogP contribution >= 0.6 is 0 Å². The van der Waals surface area contributed by atoms with Crippen LogP contribution in [0.2, 0.25) is 0 Å². The molecule has 5 fully saturated rings. The second-order valence-electron chi connectivity index (χ2n) is 39.5. The Morgan fingerprint density at radius 3 is 1.10 bits per heavy atom. The van der Waals surface area contributed by atoms with Crippen molar-refractivity contribution in [1.82, 2.24) is 19.6 Å². The molecule has 0 heterocycles. The largest absolute Gasteiger partial charge is 0.508 e. The number of carbonyl (C=O) groups excluding carboxylic acids is 15. The highest BCUT2D eigenvalue weighted by Crippen LogP contribution is 2.64. The number of nitrogens with zero attached hydrogens (tertiary/aromatic N) is 4. The van der Waals surface area contributed by atoms with Crippen LogP contribution in [0.25, 0.3) is 28.6 Å². The first-order chi connectivity index (χ1) is 67.7. The van der Waals surface area contributed by atoms with E-state index >= 15 is 0 Å². The minimum Gasteiger partial charge on any atom is -0.508 e. The Hall–Kier alpha value is -14.8. The zero-order valence-corrected chi connectivity index (χ0v) is 80.7. The van der Waals surface area contributed by atoms with Gasteiger partial charge in [0.1, 0.15) is 110 Å². The Morgan fingerprint density at radius 1 is 0.407 bits per heavy atom. The number of fused-ring (bicyclic) bond motifs is 12. The summed E-state index contributed by atoms with van der Waals surface area (Å²) in [4.78, 5) is 201. The van der Waals surface area contributed by atoms with Crippen molar-refractivity contribution in [3.05, 3.63) is 185 Å². The van der Waals surface area contributed by atoms with Gasteiger partial charge in [0, 0.05) is 47.8 Å². The lowest BCUT2D eigenvalue weighted by Gasteiger charge is -2.54. The molecule has 17 rings (SSSR count). The van der Waals surface area contributed by atoms with Crippen molar-refractivity contribution in [3.8, 4) is 23.0 Å². The maximum absolute atomic E-state index is 14.3. The number of Topliss-reactive ketones (excluding diaryl/α,β-unsaturated/α-hetero) is 8. The molecule has 145 heavy (non-hydrogen) atoms. The lowest BCUT2D eigenvalue weighted by atomic mass is 9.54. The predicted molar refractivity (Wildman–Crippen MR) is 505 cm³/mol. The van der Waals surface area contributed by atoms with Crippen molar-refractivity contribution < 1.29 is 173 Å². The number of hydrogen-bond acceptors (Lipinski definition) is 40. The molecule has 0 bridgehead atoms. The number of carbonyl (C=O) groups is 15. The van der Waals surface area contributed by atoms with Gasteiger partial charge in [-0.05, 0) is 139 Å². The topological polar surface area (TPSA) is 771 Å². The lowest BCUT2D eigenvalue weighted by molar-refractivity contribution is -0.188. The van der Waals surface area contributed by atoms with Gasteiger partial charge in [-0.1, -0.05) is 102 Å². The molecule has 5 saturated carbocycles. The van der Waals surface area contributed by atoms with E-state index in [1.165, 1.54) is 125 Å². The number of likely N-dealkylation sites (N-methyl/N-ethyl adjacent to an activating group) is 4. The fourth-order valence-corrected chi connectivity index (χ4v) is 24.5. The first-order valence-electron chi connectivity index (χ1n) is 46.3. The highest BCUT2D eigenvalue weighted by molar-refractivity contribution is 6.29. The summed E-state index contributed by atoms with van der Waals surface area (Å²) in [7, 11) is 11.7. The van der Waals surface area contributed by atoms with E-state index in [0.717, 1.165) is 32.6 Å². The number of phenolic OH excluding ortho intramolecular Hbond substituents is 4. The summed E-state index contributed by atoms with van der Waals surface area (Å²) in [6, 6.07) is 10.7. The first-order valence-corrected chi connectivity index (χ1v) is 46.3. The fourth-order valence-electron chi connectivity index (χ4n) is 24.5. The van der Waals surface area contributed by atoms with E-state index in [2.05, 4.69) is 6.58 Å². The number of phenols is 4. The van der Waals surface area contributed by atoms with Gasteiger partial charge in [0.05, 0.1) is 99.3 Å². The van der Waals surface area contributed by atoms with E-state index in [1.807, 2.05) is 0 Å². The van der Waals surface area contributed by atoms with E-state index in [0.29, 0.717) is 29.5 Å². The SMILES string of the molecule is C=C1c2cccc(O)c2C(O)=C2C(=O)[C@]3(O)C(O)=C(C(N)=O)C(=O)[C@@H](N(C)C)[C@@H]3[C@@H](OC(=O)CC)[C@H]12.CC(=O)O[C@H]1[C@H]2C(=C(O)c3c(O)cccc3[C@@H]2C)C(=O)[C@]2(O)C(O)=C(C(N)=O)C(=O)[C@@H](N(C)C)[C@H]12.C[C@H]1c2ccc(N)c(O)c2C(O)=C2C(=O)[C@]3(O)C(O)=C(C(N)=O)C(=O)[C@@H](N(C)C)[C@@H]3[C@@H](O)[C@@H]21.C[C@H]1c2cccc(O)c2C(O)=C2C(=O)[C@]3(O)C(O)=C(C(N)=O)C(=O)[C@@H](N(C)C)[C@@H]3[C@@H](OC(=O)C3CCCCCC3)[C@@H]21. The van der Waals surface area contributed by atoms with Crippen molar-refractivity contribution in [1.29, 1.82) is 0 Å². The standard InChI is InChI=1S/C30H36N2O9.C25H26N2O9.C24H26N2O9.C22H25N3O8/c1-13-15-11-8-12-16(33)18(15)23(34)19-17(13)25(41-29(39)14-9-6-4-5-7-10-14)21-22(32(2)3)24(35)20(28(31)38)27(37)30(21,40)26(19)36;1-5-12(29)36-21-13-9(2)10-7-6-8-11(28)14(10)19(30)15(13)22(32)25(35)17(21)18(27(3)4)20(31)16(23(25)33)24(26)34;1-8-10-6-5-7-11(28)13(10)18(29)14-12(8)20(35-9(2)27)16-17(26(3)4)19(30)15(23(25)33)22(32)24(16,34)21(14)31;1-6-7-4-5-8(23)15(26)10(7)16(27)11-9(6)17(28)13-14(25(2)3)18(29)12(21(24)32)20(31)22(13,33)19(11)30/h8,11-14,17,21-22,25,33-34,37,40H,4-7,9-10H2,1-3H3,(H2,31,38);6-8,13,17-18,21,28,30,33,35H,2,5H2,1,3-4H3,(H2,26,34);5-8,12,16-17,20,28-29,32,34H,1-4H3,(H2,25,33);4-6,9,13-14,17,26-28,31,33H,23H2,1-3H3,(H2,24,32)/t13-,17+,21+,22-,25-,30-;13-,17-,18+,21+,25+;8-,12+,16+,17-,20-,24-;6-,9+,13+,14-,17-,22-/m0100/s1. The summed E-state index contributed by atoms with van der Waals surface area (Å²) in [6.07, 6.45) is -1.19.